The first-order valence-corrected chi connectivity index (χ1v) is 53.2. The Hall–Kier alpha value is -7.86. The Morgan fingerprint density at radius 3 is 0.841 bits per heavy atom. The van der Waals surface area contributed by atoms with E-state index in [0.29, 0.717) is 72.3 Å². The van der Waals surface area contributed by atoms with E-state index in [4.69, 9.17) is 49.1 Å². The van der Waals surface area contributed by atoms with Crippen molar-refractivity contribution in [3.05, 3.63) is 155 Å². The van der Waals surface area contributed by atoms with Crippen LogP contribution < -0.4 is 41.3 Å². The molecule has 0 aromatic heterocycles. The van der Waals surface area contributed by atoms with Crippen LogP contribution in [0.5, 0.6) is 23.0 Å². The first-order chi connectivity index (χ1) is 61.6. The van der Waals surface area contributed by atoms with E-state index in [1.54, 1.807) is 32.9 Å². The first-order valence-electron chi connectivity index (χ1n) is 49.2. The van der Waals surface area contributed by atoms with Crippen molar-refractivity contribution in [2.75, 3.05) is 38.4 Å². The molecule has 742 valence electrons. The van der Waals surface area contributed by atoms with Crippen molar-refractivity contribution < 1.29 is 76.2 Å². The quantitative estimate of drug-likeness (QED) is 0.00951. The number of aromatic hydroxyl groups is 1. The van der Waals surface area contributed by atoms with Gasteiger partial charge in [-0.1, -0.05) is 216 Å². The molecule has 5 aliphatic carbocycles. The molecule has 0 radical (unpaired) electrons. The van der Waals surface area contributed by atoms with Gasteiger partial charge in [-0.25, -0.2) is 24.0 Å². The van der Waals surface area contributed by atoms with Gasteiger partial charge in [-0.05, 0) is 310 Å². The van der Waals surface area contributed by atoms with Crippen molar-refractivity contribution in [1.82, 2.24) is 16.0 Å². The summed E-state index contributed by atoms with van der Waals surface area (Å²) in [7, 11) is -1.87. The number of nitrogens with two attached hydrogens (primary N) is 2. The Morgan fingerprint density at radius 1 is 0.379 bits per heavy atom. The van der Waals surface area contributed by atoms with Gasteiger partial charge in [-0.15, -0.1) is 0 Å². The molecule has 3 amide bonds. The lowest BCUT2D eigenvalue weighted by atomic mass is 9.59. The number of ether oxygens (including phenoxy) is 8. The van der Waals surface area contributed by atoms with E-state index in [0.717, 1.165) is 102 Å². The summed E-state index contributed by atoms with van der Waals surface area (Å²) < 4.78 is 48.3. The maximum Gasteiger partial charge on any atom is 0.407 e. The Morgan fingerprint density at radius 2 is 0.621 bits per heavy atom. The summed E-state index contributed by atoms with van der Waals surface area (Å²) >= 11 is 2.94. The third-order valence-electron chi connectivity index (χ3n) is 26.6. The van der Waals surface area contributed by atoms with Crippen molar-refractivity contribution in [2.45, 2.75) is 401 Å². The average Bonchev–Trinajstić information content (AvgIpc) is 0.708. The molecular weight excluding hydrogens is 1740 g/mol. The highest BCUT2D eigenvalue weighted by molar-refractivity contribution is 9.09. The number of hydrogen-bond donors (Lipinski definition) is 6. The summed E-state index contributed by atoms with van der Waals surface area (Å²) in [5, 5.41) is 19.6. The number of phenolic OH excluding ortho intramolecular Hbond substituents is 1. The van der Waals surface area contributed by atoms with Gasteiger partial charge in [0.1, 0.15) is 45.1 Å². The van der Waals surface area contributed by atoms with Gasteiger partial charge in [0.15, 0.2) is 13.2 Å². The molecule has 8 N–H and O–H groups in total. The lowest BCUT2D eigenvalue weighted by Crippen LogP contribution is -2.55. The minimum atomic E-state index is -1.87. The summed E-state index contributed by atoms with van der Waals surface area (Å²) in [5.74, 6) is 4.30. The monoisotopic (exact) mass is 1920 g/mol. The number of alkyl carbamates (subject to hydrolysis) is 3. The van der Waals surface area contributed by atoms with Gasteiger partial charge in [0, 0.05) is 57.3 Å². The van der Waals surface area contributed by atoms with Crippen LogP contribution in [0, 0.1) is 36.5 Å². The van der Waals surface area contributed by atoms with Crippen molar-refractivity contribution in [2.24, 2.45) is 41.1 Å². The van der Waals surface area contributed by atoms with Gasteiger partial charge in [-0.2, -0.15) is 0 Å². The maximum absolute atomic E-state index is 12.6. The normalized spacial score (nSPS) is 17.2. The summed E-state index contributed by atoms with van der Waals surface area (Å²) in [6.07, 6.45) is 21.1. The molecule has 23 heteroatoms. The lowest BCUT2D eigenvalue weighted by molar-refractivity contribution is -0.146. The predicted octanol–water partition coefficient (Wildman–Crippen LogP) is 25.3. The second-order valence-electron chi connectivity index (χ2n) is 44.0. The number of nitrogens with one attached hydrogen (secondary N) is 3. The van der Waals surface area contributed by atoms with Crippen LogP contribution in [0.25, 0.3) is 0 Å². The summed E-state index contributed by atoms with van der Waals surface area (Å²) in [4.78, 5) is 70.5. The zero-order valence-electron chi connectivity index (χ0n) is 86.3. The van der Waals surface area contributed by atoms with Crippen molar-refractivity contribution >= 4 is 60.4 Å². The highest BCUT2D eigenvalue weighted by Gasteiger charge is 2.51. The van der Waals surface area contributed by atoms with Crippen molar-refractivity contribution in [1.29, 1.82) is 0 Å². The molecule has 0 spiro atoms. The van der Waals surface area contributed by atoms with E-state index in [2.05, 4.69) is 207 Å². The molecule has 5 aromatic rings. The number of hydrogen-bond acceptors (Lipinski definition) is 18. The second kappa shape index (κ2) is 51.9. The summed E-state index contributed by atoms with van der Waals surface area (Å²) in [6.45, 7) is 58.9. The summed E-state index contributed by atoms with van der Waals surface area (Å²) in [5.41, 5.74) is 19.4. The van der Waals surface area contributed by atoms with Crippen LogP contribution in [-0.4, -0.2) is 135 Å². The van der Waals surface area contributed by atoms with Crippen LogP contribution in [0.3, 0.4) is 0 Å². The molecule has 0 aliphatic heterocycles. The number of aryl methyl sites for hydroxylation is 1. The van der Waals surface area contributed by atoms with E-state index in [1.165, 1.54) is 65.5 Å². The number of phenols is 1. The number of carbonyl (C=O) groups is 6. The molecule has 5 aliphatic rings. The standard InChI is InChI=1S/C26H45NO3Si.C24H37NO5.C20H31NO3.C19H29NO3.C16H25N.C4H7BrO2/c1-19(2)18-22(27-23(28)29-24(3,4)5)26(16-11-17-26)20-12-14-21(15-13-20)30-31(9,10)25(6,7)8;1-7-28-21(26)16-29-19-11-9-18(10-12-19)24(13-8-14-24)20(15-17(2)3)25-22(27)30-23(4,5)6;1-14(2)13-17(21-18(23)24-19(3,4)5)20(11-6-12-20)15-7-9-16(22)10-8-15;1-4-22-18(21)13-23-16-8-6-15(7-9-16)19(10-5-11-19)17(20)12-14(2)3;1-12(2)11-15(17)16(9-4-10-16)14-7-5-13(3)6-8-14;1-2-7-4(6)3-5/h12-15,19,22H,11,16-18H2,1-10H3,(H,27,28);9-12,17,20H,7-8,13-16H2,1-6H3,(H,25,27);7-10,14,17,22H,6,11-13H2,1-5H3,(H,21,23);6-9,14,17H,4-5,10-13,20H2,1-3H3;5-8,12,15H,4,9-11,17H2,1-3H3;2-3H2,1H3. The van der Waals surface area contributed by atoms with E-state index in [9.17, 15) is 33.9 Å². The average molecular weight is 1920 g/mol. The van der Waals surface area contributed by atoms with Crippen LogP contribution in [0.4, 0.5) is 14.4 Å². The molecule has 0 saturated heterocycles. The number of halogens is 1. The third-order valence-corrected chi connectivity index (χ3v) is 31.4. The van der Waals surface area contributed by atoms with Crippen LogP contribution >= 0.6 is 15.9 Å². The lowest BCUT2D eigenvalue weighted by Gasteiger charge is -2.49. The van der Waals surface area contributed by atoms with Gasteiger partial charge < -0.3 is 74.8 Å². The molecule has 0 heterocycles. The molecule has 5 unspecified atom stereocenters. The van der Waals surface area contributed by atoms with E-state index < -0.39 is 25.1 Å². The molecule has 0 bridgehead atoms. The molecule has 5 fully saturated rings. The van der Waals surface area contributed by atoms with Gasteiger partial charge in [-0.3, -0.25) is 4.79 Å². The second-order valence-corrected chi connectivity index (χ2v) is 49.3. The fraction of sp³-hybridized carbons (Fsp3) is 0.670. The number of amides is 3. The number of rotatable bonds is 35. The molecule has 132 heavy (non-hydrogen) atoms. The van der Waals surface area contributed by atoms with Gasteiger partial charge in [0.05, 0.1) is 19.8 Å². The van der Waals surface area contributed by atoms with E-state index in [1.807, 2.05) is 111 Å². The Bertz CT molecular complexity index is 4260. The zero-order valence-corrected chi connectivity index (χ0v) is 88.9. The molecule has 10 rings (SSSR count). The van der Waals surface area contributed by atoms with E-state index >= 15 is 0 Å². The Balaban J connectivity index is 0.000000289. The van der Waals surface area contributed by atoms with Crippen molar-refractivity contribution in [3.8, 4) is 23.0 Å². The van der Waals surface area contributed by atoms with Crippen LogP contribution in [0.15, 0.2) is 121 Å². The number of esters is 3. The SMILES string of the molecule is CC(C)CC(NC(=O)OC(C)(C)C)C1(c2ccc(O)cc2)CCC1.CC(C)CC(NC(=O)OC(C)(C)C)C1(c2ccc(O[Si](C)(C)C(C)(C)C)cc2)CCC1.CCOC(=O)CBr.CCOC(=O)COc1ccc(C2(C(CC(C)C)NC(=O)OC(C)(C)C)CCC2)cc1.CCOC(=O)COc1ccc(C2(C(N)CC(C)C)CCC2)cc1.Cc1ccc(C2(C(N)CC(C)C)CCC2)cc1. The van der Waals surface area contributed by atoms with Gasteiger partial charge in [0.25, 0.3) is 0 Å². The minimum absolute atomic E-state index is 0.00704. The smallest absolute Gasteiger partial charge is 0.407 e. The number of benzene rings is 5. The largest absolute Gasteiger partial charge is 0.544 e. The molecule has 5 atom stereocenters. The van der Waals surface area contributed by atoms with E-state index in [-0.39, 0.29) is 111 Å². The maximum atomic E-state index is 12.6. The number of alkyl halides is 1. The van der Waals surface area contributed by atoms with Gasteiger partial charge in [0.2, 0.25) is 8.32 Å². The molecule has 21 nitrogen and oxygen atoms in total. The fourth-order valence-corrected chi connectivity index (χ4v) is 19.4. The summed E-state index contributed by atoms with van der Waals surface area (Å²) in [6, 6.07) is 41.6. The van der Waals surface area contributed by atoms with Crippen LogP contribution in [0.2, 0.25) is 18.1 Å². The topological polar surface area (TPSA) is 294 Å². The minimum Gasteiger partial charge on any atom is -0.544 e. The van der Waals surface area contributed by atoms with Crippen molar-refractivity contribution in [3.63, 3.8) is 0 Å². The molecule has 5 saturated carbocycles. The Labute approximate surface area is 805 Å². The molecule has 5 aromatic carbocycles. The Kier molecular flexibility index (Phi) is 45.1. The van der Waals surface area contributed by atoms with Gasteiger partial charge >= 0.3 is 36.2 Å². The highest BCUT2D eigenvalue weighted by atomic mass is 79.9. The zero-order chi connectivity index (χ0) is 99.0. The van der Waals surface area contributed by atoms with Crippen LogP contribution in [-0.2, 0) is 69.9 Å². The van der Waals surface area contributed by atoms with Crippen LogP contribution in [0.1, 0.15) is 335 Å². The highest BCUT2D eigenvalue weighted by Crippen LogP contribution is 2.53. The first kappa shape index (κ1) is 115. The third kappa shape index (κ3) is 35.7. The molecular formula is C109H174BrN5O16Si. The number of carbonyl (C=O) groups excluding carboxylic acids is 6. The fourth-order valence-electron chi connectivity index (χ4n) is 18.2. The predicted molar refractivity (Wildman–Crippen MR) is 541 cm³/mol.